The Bertz CT molecular complexity index is 560. The molecule has 16 heavy (non-hydrogen) atoms. The first kappa shape index (κ1) is 11.0. The van der Waals surface area contributed by atoms with Crippen LogP contribution in [0.1, 0.15) is 16.2 Å². The summed E-state index contributed by atoms with van der Waals surface area (Å²) < 4.78 is 5.27. The van der Waals surface area contributed by atoms with Gasteiger partial charge in [0.1, 0.15) is 16.9 Å². The Labute approximate surface area is 102 Å². The molecule has 0 amide bonds. The Morgan fingerprint density at radius 1 is 1.50 bits per heavy atom. The number of nitriles is 1. The van der Waals surface area contributed by atoms with Gasteiger partial charge >= 0.3 is 0 Å². The lowest BCUT2D eigenvalue weighted by molar-refractivity contribution is 0.554. The van der Waals surface area contributed by atoms with Crippen LogP contribution in [0.15, 0.2) is 34.3 Å². The van der Waals surface area contributed by atoms with Gasteiger partial charge < -0.3 is 4.42 Å². The van der Waals surface area contributed by atoms with Gasteiger partial charge in [0.2, 0.25) is 0 Å². The molecule has 0 spiro atoms. The second-order valence-electron chi connectivity index (χ2n) is 3.21. The average Bonchev–Trinajstić information content (AvgIpc) is 2.90. The van der Waals surface area contributed by atoms with Gasteiger partial charge in [0, 0.05) is 4.88 Å². The fraction of sp³-hybridized carbons (Fsp3) is 0.0833. The highest BCUT2D eigenvalue weighted by atomic mass is 35.5. The van der Waals surface area contributed by atoms with E-state index in [0.717, 1.165) is 10.4 Å². The van der Waals surface area contributed by atoms with Crippen molar-refractivity contribution in [2.75, 3.05) is 0 Å². The van der Waals surface area contributed by atoms with Crippen molar-refractivity contribution in [2.24, 2.45) is 0 Å². The second kappa shape index (κ2) is 4.56. The zero-order chi connectivity index (χ0) is 11.5. The van der Waals surface area contributed by atoms with Gasteiger partial charge in [-0.25, -0.2) is 0 Å². The first-order valence-corrected chi connectivity index (χ1v) is 5.88. The lowest BCUT2D eigenvalue weighted by atomic mass is 10.1. The molecule has 0 aliphatic rings. The zero-order valence-electron chi connectivity index (χ0n) is 8.53. The minimum atomic E-state index is 0.368. The molecule has 0 saturated carbocycles. The van der Waals surface area contributed by atoms with Gasteiger partial charge in [-0.05, 0) is 30.0 Å². The van der Waals surface area contributed by atoms with E-state index in [9.17, 15) is 0 Å². The zero-order valence-corrected chi connectivity index (χ0v) is 10.1. The lowest BCUT2D eigenvalue weighted by Gasteiger charge is -1.99. The van der Waals surface area contributed by atoms with E-state index in [2.05, 4.69) is 6.07 Å². The van der Waals surface area contributed by atoms with Crippen molar-refractivity contribution in [1.29, 1.82) is 5.26 Å². The Morgan fingerprint density at radius 3 is 2.81 bits per heavy atom. The van der Waals surface area contributed by atoms with Crippen LogP contribution in [0.25, 0.3) is 10.6 Å². The fourth-order valence-corrected chi connectivity index (χ4v) is 2.46. The van der Waals surface area contributed by atoms with Gasteiger partial charge in [-0.15, -0.1) is 11.3 Å². The molecular weight excluding hydrogens is 242 g/mol. The number of thiophene rings is 1. The van der Waals surface area contributed by atoms with Crippen LogP contribution in [0.5, 0.6) is 0 Å². The van der Waals surface area contributed by atoms with E-state index >= 15 is 0 Å². The van der Waals surface area contributed by atoms with Crippen molar-refractivity contribution in [3.05, 3.63) is 46.0 Å². The highest BCUT2D eigenvalue weighted by molar-refractivity contribution is 7.11. The number of hydrogen-bond donors (Lipinski definition) is 0. The van der Waals surface area contributed by atoms with Crippen molar-refractivity contribution >= 4 is 33.5 Å². The largest absolute Gasteiger partial charge is 0.463 e. The second-order valence-corrected chi connectivity index (χ2v) is 4.54. The number of nitrogens with zero attached hydrogens (tertiary/aromatic N) is 1. The minimum Gasteiger partial charge on any atom is -0.463 e. The van der Waals surface area contributed by atoms with Gasteiger partial charge in [0.15, 0.2) is 0 Å². The Morgan fingerprint density at radius 2 is 2.31 bits per heavy atom. The quantitative estimate of drug-likeness (QED) is 0.745. The van der Waals surface area contributed by atoms with Crippen LogP contribution in [0.4, 0.5) is 0 Å². The maximum Gasteiger partial charge on any atom is 0.149 e. The molecular formula is C12H8ClNOS. The molecule has 0 radical (unpaired) electrons. The topological polar surface area (TPSA) is 36.9 Å². The van der Waals surface area contributed by atoms with E-state index in [1.54, 1.807) is 6.26 Å². The number of furan rings is 1. The summed E-state index contributed by atoms with van der Waals surface area (Å²) in [5.41, 5.74) is 1.38. The van der Waals surface area contributed by atoms with Gasteiger partial charge in [-0.2, -0.15) is 5.26 Å². The molecule has 0 aromatic carbocycles. The first-order valence-electron chi connectivity index (χ1n) is 4.62. The van der Waals surface area contributed by atoms with Crippen LogP contribution in [0, 0.1) is 18.3 Å². The van der Waals surface area contributed by atoms with Crippen LogP contribution in [-0.2, 0) is 0 Å². The van der Waals surface area contributed by atoms with Gasteiger partial charge in [-0.1, -0.05) is 17.7 Å². The van der Waals surface area contributed by atoms with E-state index in [-0.39, 0.29) is 0 Å². The molecule has 2 heterocycles. The molecule has 80 valence electrons. The van der Waals surface area contributed by atoms with Crippen LogP contribution in [0.2, 0.25) is 0 Å². The first-order chi connectivity index (χ1) is 7.74. The molecule has 0 aliphatic carbocycles. The van der Waals surface area contributed by atoms with Crippen LogP contribution < -0.4 is 0 Å². The Kier molecular flexibility index (Phi) is 3.14. The van der Waals surface area contributed by atoms with Crippen LogP contribution >= 0.6 is 22.9 Å². The maximum absolute atomic E-state index is 9.13. The predicted octanol–water partition coefficient (Wildman–Crippen LogP) is 4.28. The standard InChI is InChI=1S/C12H8ClNOS/c1-8-4-5-15-12(8)11(13)9(7-14)10-3-2-6-16-10/h2-6H,1H3. The summed E-state index contributed by atoms with van der Waals surface area (Å²) in [6.07, 6.45) is 1.57. The van der Waals surface area contributed by atoms with Gasteiger partial charge in [0.25, 0.3) is 0 Å². The van der Waals surface area contributed by atoms with Crippen molar-refractivity contribution in [3.63, 3.8) is 0 Å². The molecule has 2 rings (SSSR count). The number of hydrogen-bond acceptors (Lipinski definition) is 3. The number of allylic oxidation sites excluding steroid dienone is 1. The Balaban J connectivity index is 2.56. The summed E-state index contributed by atoms with van der Waals surface area (Å²) in [5, 5.41) is 11.4. The number of halogens is 1. The molecule has 0 unspecified atom stereocenters. The SMILES string of the molecule is Cc1ccoc1C(Cl)=C(C#N)c1cccs1. The third-order valence-corrected chi connectivity index (χ3v) is 3.41. The highest BCUT2D eigenvalue weighted by Crippen LogP contribution is 2.33. The molecule has 0 saturated heterocycles. The summed E-state index contributed by atoms with van der Waals surface area (Å²) in [7, 11) is 0. The number of aryl methyl sites for hydroxylation is 1. The molecule has 0 aliphatic heterocycles. The summed E-state index contributed by atoms with van der Waals surface area (Å²) in [6.45, 7) is 1.89. The monoisotopic (exact) mass is 249 g/mol. The summed E-state index contributed by atoms with van der Waals surface area (Å²) in [4.78, 5) is 0.850. The molecule has 2 aromatic heterocycles. The van der Waals surface area contributed by atoms with Crippen molar-refractivity contribution < 1.29 is 4.42 Å². The van der Waals surface area contributed by atoms with Crippen molar-refractivity contribution in [2.45, 2.75) is 6.92 Å². The van der Waals surface area contributed by atoms with Crippen molar-refractivity contribution in [3.8, 4) is 6.07 Å². The summed E-state index contributed by atoms with van der Waals surface area (Å²) >= 11 is 7.66. The summed E-state index contributed by atoms with van der Waals surface area (Å²) in [5.74, 6) is 0.562. The Hall–Kier alpha value is -1.50. The molecule has 0 bridgehead atoms. The van der Waals surface area contributed by atoms with E-state index < -0.39 is 0 Å². The molecule has 2 aromatic rings. The lowest BCUT2D eigenvalue weighted by Crippen LogP contribution is -1.83. The van der Waals surface area contributed by atoms with E-state index in [0.29, 0.717) is 16.4 Å². The third kappa shape index (κ3) is 1.90. The van der Waals surface area contributed by atoms with E-state index in [1.165, 1.54) is 11.3 Å². The number of rotatable bonds is 2. The smallest absolute Gasteiger partial charge is 0.149 e. The predicted molar refractivity (Wildman–Crippen MR) is 66.0 cm³/mol. The molecule has 0 atom stereocenters. The van der Waals surface area contributed by atoms with E-state index in [4.69, 9.17) is 21.3 Å². The van der Waals surface area contributed by atoms with Crippen LogP contribution in [-0.4, -0.2) is 0 Å². The minimum absolute atomic E-state index is 0.368. The molecule has 0 N–H and O–H groups in total. The van der Waals surface area contributed by atoms with Gasteiger partial charge in [0.05, 0.1) is 11.8 Å². The normalized spacial score (nSPS) is 12.1. The van der Waals surface area contributed by atoms with Gasteiger partial charge in [-0.3, -0.25) is 0 Å². The average molecular weight is 250 g/mol. The maximum atomic E-state index is 9.13. The summed E-state index contributed by atoms with van der Waals surface area (Å²) in [6, 6.07) is 7.69. The fourth-order valence-electron chi connectivity index (χ4n) is 1.34. The highest BCUT2D eigenvalue weighted by Gasteiger charge is 2.14. The molecule has 2 nitrogen and oxygen atoms in total. The molecule has 4 heteroatoms. The molecule has 0 fully saturated rings. The van der Waals surface area contributed by atoms with Crippen molar-refractivity contribution in [1.82, 2.24) is 0 Å². The van der Waals surface area contributed by atoms with E-state index in [1.807, 2.05) is 30.5 Å². The van der Waals surface area contributed by atoms with Crippen LogP contribution in [0.3, 0.4) is 0 Å². The third-order valence-electron chi connectivity index (χ3n) is 2.16.